The highest BCUT2D eigenvalue weighted by atomic mass is 19.1. The molecule has 0 unspecified atom stereocenters. The highest BCUT2D eigenvalue weighted by Gasteiger charge is 2.33. The Morgan fingerprint density at radius 1 is 1.08 bits per heavy atom. The van der Waals surface area contributed by atoms with Crippen LogP contribution in [0.15, 0.2) is 48.5 Å². The molecular formula is C22H21FO3. The zero-order chi connectivity index (χ0) is 18.4. The summed E-state index contributed by atoms with van der Waals surface area (Å²) in [7, 11) is 0. The maximum atomic E-state index is 14.3. The Bertz CT molecular complexity index is 827. The molecule has 0 bridgehead atoms. The fraction of sp³-hybridized carbons (Fsp3) is 0.318. The topological polar surface area (TPSA) is 35.5 Å². The van der Waals surface area contributed by atoms with Crippen LogP contribution in [0.25, 0.3) is 0 Å². The van der Waals surface area contributed by atoms with E-state index in [-0.39, 0.29) is 11.3 Å². The van der Waals surface area contributed by atoms with Crippen molar-refractivity contribution >= 4 is 5.97 Å². The largest absolute Gasteiger partial charge is 0.471 e. The van der Waals surface area contributed by atoms with Crippen molar-refractivity contribution in [2.75, 3.05) is 0 Å². The van der Waals surface area contributed by atoms with Crippen molar-refractivity contribution in [3.8, 4) is 23.3 Å². The first kappa shape index (κ1) is 18.0. The van der Waals surface area contributed by atoms with Gasteiger partial charge < -0.3 is 9.47 Å². The van der Waals surface area contributed by atoms with Gasteiger partial charge in [-0.2, -0.15) is 0 Å². The number of esters is 1. The minimum absolute atomic E-state index is 0.0390. The summed E-state index contributed by atoms with van der Waals surface area (Å²) < 4.78 is 25.6. The number of benzene rings is 2. The van der Waals surface area contributed by atoms with Crippen LogP contribution >= 0.6 is 0 Å². The van der Waals surface area contributed by atoms with E-state index in [1.54, 1.807) is 31.2 Å². The molecule has 0 saturated heterocycles. The normalized spacial score (nSPS) is 15.5. The predicted molar refractivity (Wildman–Crippen MR) is 97.7 cm³/mol. The van der Waals surface area contributed by atoms with Gasteiger partial charge in [0.05, 0.1) is 5.56 Å². The van der Waals surface area contributed by atoms with E-state index in [9.17, 15) is 9.18 Å². The molecule has 3 rings (SSSR count). The third-order valence-electron chi connectivity index (χ3n) is 4.44. The summed E-state index contributed by atoms with van der Waals surface area (Å²) in [5.74, 6) is 5.41. The first-order valence-electron chi connectivity index (χ1n) is 8.82. The lowest BCUT2D eigenvalue weighted by atomic mass is 9.85. The second kappa shape index (κ2) is 8.05. The number of hydrogen-bond donors (Lipinski definition) is 0. The van der Waals surface area contributed by atoms with Crippen molar-refractivity contribution in [2.45, 2.75) is 44.6 Å². The molecular weight excluding hydrogens is 331 g/mol. The van der Waals surface area contributed by atoms with E-state index in [0.717, 1.165) is 32.1 Å². The number of rotatable bonds is 4. The minimum Gasteiger partial charge on any atom is -0.471 e. The molecule has 0 aromatic heterocycles. The average molecular weight is 352 g/mol. The van der Waals surface area contributed by atoms with Crippen LogP contribution in [-0.2, 0) is 0 Å². The number of carbonyl (C=O) groups excluding carboxylic acids is 1. The summed E-state index contributed by atoms with van der Waals surface area (Å²) in [5, 5.41) is 0. The lowest BCUT2D eigenvalue weighted by Crippen LogP contribution is -2.37. The van der Waals surface area contributed by atoms with Gasteiger partial charge in [-0.3, -0.25) is 0 Å². The van der Waals surface area contributed by atoms with Gasteiger partial charge in [0.25, 0.3) is 0 Å². The van der Waals surface area contributed by atoms with Crippen LogP contribution in [0.3, 0.4) is 0 Å². The van der Waals surface area contributed by atoms with Gasteiger partial charge in [-0.25, -0.2) is 9.18 Å². The Kier molecular flexibility index (Phi) is 5.58. The van der Waals surface area contributed by atoms with Crippen molar-refractivity contribution in [3.63, 3.8) is 0 Å². The minimum atomic E-state index is -0.685. The Morgan fingerprint density at radius 2 is 1.81 bits per heavy atom. The maximum Gasteiger partial charge on any atom is 0.343 e. The van der Waals surface area contributed by atoms with E-state index in [2.05, 4.69) is 11.8 Å². The first-order valence-corrected chi connectivity index (χ1v) is 8.82. The summed E-state index contributed by atoms with van der Waals surface area (Å²) in [6.45, 7) is 1.75. The summed E-state index contributed by atoms with van der Waals surface area (Å²) in [4.78, 5) is 12.3. The second-order valence-corrected chi connectivity index (χ2v) is 6.38. The Hall–Kier alpha value is -2.80. The highest BCUT2D eigenvalue weighted by Crippen LogP contribution is 2.34. The maximum absolute atomic E-state index is 14.3. The zero-order valence-electron chi connectivity index (χ0n) is 14.8. The molecule has 1 fully saturated rings. The van der Waals surface area contributed by atoms with Gasteiger partial charge in [-0.15, -0.1) is 5.92 Å². The van der Waals surface area contributed by atoms with Gasteiger partial charge in [0, 0.05) is 0 Å². The summed E-state index contributed by atoms with van der Waals surface area (Å²) in [5.41, 5.74) is -0.448. The van der Waals surface area contributed by atoms with E-state index in [1.807, 2.05) is 6.07 Å². The third kappa shape index (κ3) is 4.23. The smallest absolute Gasteiger partial charge is 0.343 e. The van der Waals surface area contributed by atoms with Gasteiger partial charge in [0.1, 0.15) is 5.75 Å². The van der Waals surface area contributed by atoms with Crippen LogP contribution < -0.4 is 9.47 Å². The highest BCUT2D eigenvalue weighted by molar-refractivity contribution is 5.91. The van der Waals surface area contributed by atoms with Crippen LogP contribution in [0.2, 0.25) is 0 Å². The van der Waals surface area contributed by atoms with E-state index < -0.39 is 17.4 Å². The van der Waals surface area contributed by atoms with Gasteiger partial charge >= 0.3 is 5.97 Å². The zero-order valence-corrected chi connectivity index (χ0v) is 14.8. The van der Waals surface area contributed by atoms with Gasteiger partial charge in [0.2, 0.25) is 0 Å². The molecule has 0 heterocycles. The van der Waals surface area contributed by atoms with Crippen LogP contribution in [0.5, 0.6) is 11.5 Å². The molecule has 2 aromatic carbocycles. The van der Waals surface area contributed by atoms with Crippen LogP contribution in [-0.4, -0.2) is 11.6 Å². The molecule has 134 valence electrons. The number of hydrogen-bond acceptors (Lipinski definition) is 3. The van der Waals surface area contributed by atoms with E-state index in [4.69, 9.17) is 9.47 Å². The molecule has 4 heteroatoms. The Morgan fingerprint density at radius 3 is 2.50 bits per heavy atom. The molecule has 0 atom stereocenters. The average Bonchev–Trinajstić information content (AvgIpc) is 2.65. The first-order chi connectivity index (χ1) is 12.6. The van der Waals surface area contributed by atoms with Crippen molar-refractivity contribution in [1.82, 2.24) is 0 Å². The Labute approximate surface area is 153 Å². The summed E-state index contributed by atoms with van der Waals surface area (Å²) in [6, 6.07) is 12.8. The monoisotopic (exact) mass is 352 g/mol. The molecule has 1 aliphatic carbocycles. The van der Waals surface area contributed by atoms with Crippen molar-refractivity contribution in [1.29, 1.82) is 0 Å². The number of ether oxygens (including phenoxy) is 2. The van der Waals surface area contributed by atoms with Crippen LogP contribution in [0.1, 0.15) is 49.4 Å². The molecule has 3 nitrogen and oxygen atoms in total. The van der Waals surface area contributed by atoms with E-state index in [1.165, 1.54) is 18.2 Å². The molecule has 0 N–H and O–H groups in total. The third-order valence-corrected chi connectivity index (χ3v) is 4.44. The number of halogens is 1. The fourth-order valence-electron chi connectivity index (χ4n) is 3.18. The van der Waals surface area contributed by atoms with Crippen molar-refractivity contribution in [3.05, 3.63) is 59.9 Å². The lowest BCUT2D eigenvalue weighted by Gasteiger charge is -2.33. The molecule has 0 spiro atoms. The summed E-state index contributed by atoms with van der Waals surface area (Å²) >= 11 is 0. The molecule has 0 amide bonds. The lowest BCUT2D eigenvalue weighted by molar-refractivity contribution is 0.0723. The number of carbonyl (C=O) groups is 1. The molecule has 0 radical (unpaired) electrons. The molecule has 0 aliphatic heterocycles. The second-order valence-electron chi connectivity index (χ2n) is 6.38. The Balaban J connectivity index is 1.82. The predicted octanol–water partition coefficient (Wildman–Crippen LogP) is 5.15. The molecule has 2 aromatic rings. The van der Waals surface area contributed by atoms with Crippen LogP contribution in [0, 0.1) is 17.7 Å². The van der Waals surface area contributed by atoms with Crippen molar-refractivity contribution < 1.29 is 18.7 Å². The van der Waals surface area contributed by atoms with Crippen molar-refractivity contribution in [2.24, 2.45) is 0 Å². The van der Waals surface area contributed by atoms with Gasteiger partial charge in [-0.05, 0) is 62.9 Å². The molecule has 1 saturated carbocycles. The van der Waals surface area contributed by atoms with E-state index in [0.29, 0.717) is 5.75 Å². The summed E-state index contributed by atoms with van der Waals surface area (Å²) in [6.07, 6.45) is 4.62. The molecule has 26 heavy (non-hydrogen) atoms. The molecule has 1 aliphatic rings. The van der Waals surface area contributed by atoms with Gasteiger partial charge in [0.15, 0.2) is 17.2 Å². The number of para-hydroxylation sites is 1. The fourth-order valence-corrected chi connectivity index (χ4v) is 3.18. The standard InChI is InChI=1S/C22H21FO3/c1-2-13-22(14-7-4-8-15-22)26-20-16-17(11-12-19(20)23)21(24)25-18-9-5-3-6-10-18/h3,5-6,9-12,16H,4,7-8,14-15H2,1H3. The van der Waals surface area contributed by atoms with Gasteiger partial charge in [-0.1, -0.05) is 30.5 Å². The van der Waals surface area contributed by atoms with Crippen LogP contribution in [0.4, 0.5) is 4.39 Å². The van der Waals surface area contributed by atoms with E-state index >= 15 is 0 Å². The SMILES string of the molecule is CC#CC1(Oc2cc(C(=O)Oc3ccccc3)ccc2F)CCCCC1. The quantitative estimate of drug-likeness (QED) is 0.434.